The number of halogens is 1. The summed E-state index contributed by atoms with van der Waals surface area (Å²) < 4.78 is 0. The number of aromatic nitrogens is 2. The maximum absolute atomic E-state index is 5.82. The van der Waals surface area contributed by atoms with E-state index in [1.54, 1.807) is 6.20 Å². The average molecular weight is 220 g/mol. The molecule has 0 spiro atoms. The van der Waals surface area contributed by atoms with Crippen LogP contribution in [0.25, 0.3) is 11.3 Å². The minimum Gasteiger partial charge on any atom is -0.398 e. The maximum Gasteiger partial charge on any atom is 0.222 e. The van der Waals surface area contributed by atoms with Crippen LogP contribution in [-0.4, -0.2) is 9.97 Å². The lowest BCUT2D eigenvalue weighted by Crippen LogP contribution is -1.94. The first-order valence-electron chi connectivity index (χ1n) is 4.52. The molecule has 0 fully saturated rings. The fourth-order valence-corrected chi connectivity index (χ4v) is 1.56. The van der Waals surface area contributed by atoms with E-state index in [2.05, 4.69) is 9.97 Å². The molecule has 3 nitrogen and oxygen atoms in total. The van der Waals surface area contributed by atoms with Crippen LogP contribution in [0.1, 0.15) is 5.56 Å². The van der Waals surface area contributed by atoms with Gasteiger partial charge in [0.1, 0.15) is 0 Å². The summed E-state index contributed by atoms with van der Waals surface area (Å²) in [5, 5.41) is 0.245. The fraction of sp³-hybridized carbons (Fsp3) is 0.0909. The van der Waals surface area contributed by atoms with Gasteiger partial charge in [0.05, 0.1) is 5.69 Å². The van der Waals surface area contributed by atoms with E-state index in [1.807, 2.05) is 31.2 Å². The van der Waals surface area contributed by atoms with Gasteiger partial charge in [-0.15, -0.1) is 0 Å². The normalized spacial score (nSPS) is 10.3. The Hall–Kier alpha value is -1.61. The molecule has 0 radical (unpaired) electrons. The Balaban J connectivity index is 2.59. The Kier molecular flexibility index (Phi) is 2.56. The van der Waals surface area contributed by atoms with E-state index in [4.69, 9.17) is 17.3 Å². The highest BCUT2D eigenvalue weighted by atomic mass is 35.5. The average Bonchev–Trinajstić information content (AvgIpc) is 2.22. The van der Waals surface area contributed by atoms with Crippen LogP contribution in [0.3, 0.4) is 0 Å². The molecule has 1 heterocycles. The Labute approximate surface area is 92.9 Å². The van der Waals surface area contributed by atoms with Crippen LogP contribution < -0.4 is 5.73 Å². The zero-order valence-corrected chi connectivity index (χ0v) is 8.99. The summed E-state index contributed by atoms with van der Waals surface area (Å²) in [5.74, 6) is 0. The van der Waals surface area contributed by atoms with Crippen LogP contribution in [0.15, 0.2) is 30.5 Å². The quantitative estimate of drug-likeness (QED) is 0.593. The zero-order chi connectivity index (χ0) is 10.8. The predicted octanol–water partition coefficient (Wildman–Crippen LogP) is 2.69. The lowest BCUT2D eigenvalue weighted by molar-refractivity contribution is 1.17. The molecule has 2 N–H and O–H groups in total. The number of rotatable bonds is 1. The number of nitrogens with zero attached hydrogens (tertiary/aromatic N) is 2. The molecule has 0 aliphatic carbocycles. The Morgan fingerprint density at radius 1 is 1.27 bits per heavy atom. The van der Waals surface area contributed by atoms with E-state index in [9.17, 15) is 0 Å². The van der Waals surface area contributed by atoms with Crippen LogP contribution in [-0.2, 0) is 0 Å². The molecule has 0 saturated carbocycles. The van der Waals surface area contributed by atoms with E-state index in [0.29, 0.717) is 0 Å². The van der Waals surface area contributed by atoms with Crippen LogP contribution in [0.2, 0.25) is 5.28 Å². The van der Waals surface area contributed by atoms with Gasteiger partial charge in [-0.3, -0.25) is 0 Å². The Morgan fingerprint density at radius 2 is 2.07 bits per heavy atom. The summed E-state index contributed by atoms with van der Waals surface area (Å²) in [6, 6.07) is 7.54. The smallest absolute Gasteiger partial charge is 0.222 e. The lowest BCUT2D eigenvalue weighted by atomic mass is 10.0. The number of nitrogen functional groups attached to an aromatic ring is 1. The van der Waals surface area contributed by atoms with Gasteiger partial charge in [-0.1, -0.05) is 12.1 Å². The molecule has 4 heteroatoms. The van der Waals surface area contributed by atoms with Crippen molar-refractivity contribution in [3.8, 4) is 11.3 Å². The Morgan fingerprint density at radius 3 is 2.80 bits per heavy atom. The minimum absolute atomic E-state index is 0.245. The second-order valence-corrected chi connectivity index (χ2v) is 3.57. The molecule has 1 aromatic heterocycles. The summed E-state index contributed by atoms with van der Waals surface area (Å²) in [6.07, 6.45) is 1.63. The molecule has 1 aromatic carbocycles. The third-order valence-electron chi connectivity index (χ3n) is 2.28. The summed E-state index contributed by atoms with van der Waals surface area (Å²) in [7, 11) is 0. The van der Waals surface area contributed by atoms with Crippen molar-refractivity contribution in [3.05, 3.63) is 41.3 Å². The molecule has 0 saturated heterocycles. The highest BCUT2D eigenvalue weighted by molar-refractivity contribution is 6.28. The second kappa shape index (κ2) is 3.87. The molecule has 0 amide bonds. The van der Waals surface area contributed by atoms with E-state index in [1.165, 1.54) is 0 Å². The molecule has 2 rings (SSSR count). The van der Waals surface area contributed by atoms with E-state index < -0.39 is 0 Å². The van der Waals surface area contributed by atoms with Gasteiger partial charge < -0.3 is 5.73 Å². The topological polar surface area (TPSA) is 51.8 Å². The fourth-order valence-electron chi connectivity index (χ4n) is 1.42. The molecular weight excluding hydrogens is 210 g/mol. The van der Waals surface area contributed by atoms with Crippen molar-refractivity contribution >= 4 is 17.3 Å². The molecule has 15 heavy (non-hydrogen) atoms. The van der Waals surface area contributed by atoms with E-state index in [0.717, 1.165) is 22.5 Å². The first-order valence-corrected chi connectivity index (χ1v) is 4.90. The van der Waals surface area contributed by atoms with Crippen LogP contribution in [0.4, 0.5) is 5.69 Å². The van der Waals surface area contributed by atoms with Crippen molar-refractivity contribution < 1.29 is 0 Å². The molecule has 0 atom stereocenters. The molecular formula is C11H10ClN3. The van der Waals surface area contributed by atoms with Gasteiger partial charge in [-0.05, 0) is 36.2 Å². The van der Waals surface area contributed by atoms with Crippen LogP contribution >= 0.6 is 11.6 Å². The Bertz CT molecular complexity index is 497. The second-order valence-electron chi connectivity index (χ2n) is 3.23. The summed E-state index contributed by atoms with van der Waals surface area (Å²) in [4.78, 5) is 7.98. The molecule has 76 valence electrons. The zero-order valence-electron chi connectivity index (χ0n) is 8.24. The number of anilines is 1. The lowest BCUT2D eigenvalue weighted by Gasteiger charge is -2.07. The molecule has 0 aliphatic heterocycles. The van der Waals surface area contributed by atoms with E-state index >= 15 is 0 Å². The van der Waals surface area contributed by atoms with Gasteiger partial charge in [0.2, 0.25) is 5.28 Å². The SMILES string of the molecule is Cc1c(N)cccc1-c1ccnc(Cl)n1. The maximum atomic E-state index is 5.82. The predicted molar refractivity (Wildman–Crippen MR) is 61.6 cm³/mol. The minimum atomic E-state index is 0.245. The van der Waals surface area contributed by atoms with Gasteiger partial charge in [0.15, 0.2) is 0 Å². The highest BCUT2D eigenvalue weighted by Crippen LogP contribution is 2.25. The molecule has 0 unspecified atom stereocenters. The van der Waals surface area contributed by atoms with Crippen molar-refractivity contribution in [1.82, 2.24) is 9.97 Å². The summed E-state index contributed by atoms with van der Waals surface area (Å²) in [6.45, 7) is 1.96. The summed E-state index contributed by atoms with van der Waals surface area (Å²) in [5.41, 5.74) is 9.36. The number of benzene rings is 1. The van der Waals surface area contributed by atoms with Gasteiger partial charge in [0.25, 0.3) is 0 Å². The first kappa shape index (κ1) is 9.93. The molecule has 2 aromatic rings. The monoisotopic (exact) mass is 219 g/mol. The number of hydrogen-bond acceptors (Lipinski definition) is 3. The van der Waals surface area contributed by atoms with Crippen molar-refractivity contribution in [2.24, 2.45) is 0 Å². The van der Waals surface area contributed by atoms with Gasteiger partial charge in [0, 0.05) is 17.4 Å². The van der Waals surface area contributed by atoms with Gasteiger partial charge in [-0.25, -0.2) is 9.97 Å². The number of hydrogen-bond donors (Lipinski definition) is 1. The molecule has 0 aliphatic rings. The van der Waals surface area contributed by atoms with Crippen LogP contribution in [0.5, 0.6) is 0 Å². The van der Waals surface area contributed by atoms with Crippen molar-refractivity contribution in [2.45, 2.75) is 6.92 Å². The largest absolute Gasteiger partial charge is 0.398 e. The van der Waals surface area contributed by atoms with Crippen LogP contribution in [0, 0.1) is 6.92 Å². The standard InChI is InChI=1S/C11H10ClN3/c1-7-8(3-2-4-9(7)13)10-5-6-14-11(12)15-10/h2-6H,13H2,1H3. The van der Waals surface area contributed by atoms with E-state index in [-0.39, 0.29) is 5.28 Å². The van der Waals surface area contributed by atoms with Crippen molar-refractivity contribution in [1.29, 1.82) is 0 Å². The van der Waals surface area contributed by atoms with Gasteiger partial charge >= 0.3 is 0 Å². The summed E-state index contributed by atoms with van der Waals surface area (Å²) >= 11 is 5.73. The molecule has 0 bridgehead atoms. The van der Waals surface area contributed by atoms with Crippen molar-refractivity contribution in [2.75, 3.05) is 5.73 Å². The van der Waals surface area contributed by atoms with Crippen molar-refractivity contribution in [3.63, 3.8) is 0 Å². The first-order chi connectivity index (χ1) is 7.18. The highest BCUT2D eigenvalue weighted by Gasteiger charge is 2.05. The third-order valence-corrected chi connectivity index (χ3v) is 2.46. The third kappa shape index (κ3) is 1.92. The number of nitrogens with two attached hydrogens (primary N) is 1. The van der Waals surface area contributed by atoms with Gasteiger partial charge in [-0.2, -0.15) is 0 Å².